The smallest absolute Gasteiger partial charge is 0.249 e. The molecule has 2 amide bonds. The Bertz CT molecular complexity index is 1520. The van der Waals surface area contributed by atoms with Crippen molar-refractivity contribution in [3.05, 3.63) is 94.8 Å². The molecule has 2 saturated heterocycles. The van der Waals surface area contributed by atoms with Gasteiger partial charge < -0.3 is 29.3 Å². The van der Waals surface area contributed by atoms with Crippen molar-refractivity contribution in [1.82, 2.24) is 15.1 Å². The summed E-state index contributed by atoms with van der Waals surface area (Å²) in [5, 5.41) is 3.26. The predicted octanol–water partition coefficient (Wildman–Crippen LogP) is 3.48. The maximum absolute atomic E-state index is 14.7. The molecule has 3 aromatic carbocycles. The third-order valence-electron chi connectivity index (χ3n) is 8.50. The van der Waals surface area contributed by atoms with Crippen LogP contribution in [0, 0.1) is 18.7 Å². The van der Waals surface area contributed by atoms with Crippen LogP contribution < -0.4 is 14.8 Å². The van der Waals surface area contributed by atoms with E-state index < -0.39 is 35.6 Å². The average Bonchev–Trinajstić information content (AvgIpc) is 3.64. The first kappa shape index (κ1) is 28.8. The number of aryl methyl sites for hydroxylation is 1. The number of hydrogen-bond acceptors (Lipinski definition) is 7. The first-order valence-electron chi connectivity index (χ1n) is 14.4. The number of ketones is 1. The third kappa shape index (κ3) is 5.48. The monoisotopic (exact) mass is 587 g/mol. The predicted molar refractivity (Wildman–Crippen MR) is 155 cm³/mol. The summed E-state index contributed by atoms with van der Waals surface area (Å²) in [6.45, 7) is 3.83. The normalized spacial score (nSPS) is 23.0. The summed E-state index contributed by atoms with van der Waals surface area (Å²) in [7, 11) is 1.42. The van der Waals surface area contributed by atoms with E-state index in [1.165, 1.54) is 24.1 Å². The van der Waals surface area contributed by atoms with Gasteiger partial charge in [-0.1, -0.05) is 42.0 Å². The van der Waals surface area contributed by atoms with E-state index in [0.29, 0.717) is 54.4 Å². The molecule has 4 atom stereocenters. The first-order chi connectivity index (χ1) is 20.9. The number of rotatable bonds is 7. The summed E-state index contributed by atoms with van der Waals surface area (Å²) >= 11 is 0. The van der Waals surface area contributed by atoms with Gasteiger partial charge in [0.25, 0.3) is 0 Å². The van der Waals surface area contributed by atoms with Gasteiger partial charge in [-0.2, -0.15) is 0 Å². The standard InChI is InChI=1S/C33H34FN3O6/c1-20-4-3-5-23(16-20)32(39)29-28(21-6-9-24(34)10-7-21)31(33(40)36-14-12-35-13-15-36)37(27(38)18-41-2)30(29)22-8-11-25-26(17-22)43-19-42-25/h3-11,16-17,28-31,35H,12-15,18-19H2,1-2H3. The largest absolute Gasteiger partial charge is 0.454 e. The van der Waals surface area contributed by atoms with Crippen molar-refractivity contribution < 1.29 is 33.0 Å². The Labute approximate surface area is 249 Å². The molecule has 0 bridgehead atoms. The van der Waals surface area contributed by atoms with Crippen molar-refractivity contribution in [2.24, 2.45) is 5.92 Å². The molecule has 43 heavy (non-hydrogen) atoms. The van der Waals surface area contributed by atoms with Crippen LogP contribution in [0.25, 0.3) is 0 Å². The van der Waals surface area contributed by atoms with Gasteiger partial charge in [0.05, 0.1) is 12.0 Å². The summed E-state index contributed by atoms with van der Waals surface area (Å²) in [5.41, 5.74) is 2.60. The number of fused-ring (bicyclic) bond motifs is 1. The molecule has 3 aromatic rings. The number of hydrogen-bond donors (Lipinski definition) is 1. The minimum Gasteiger partial charge on any atom is -0.454 e. The lowest BCUT2D eigenvalue weighted by Crippen LogP contribution is -2.55. The van der Waals surface area contributed by atoms with Crippen LogP contribution in [0.15, 0.2) is 66.7 Å². The highest BCUT2D eigenvalue weighted by Gasteiger charge is 2.58. The maximum atomic E-state index is 14.7. The van der Waals surface area contributed by atoms with E-state index in [0.717, 1.165) is 5.56 Å². The molecular weight excluding hydrogens is 553 g/mol. The van der Waals surface area contributed by atoms with Crippen molar-refractivity contribution in [2.75, 3.05) is 46.7 Å². The van der Waals surface area contributed by atoms with Crippen LogP contribution in [0.5, 0.6) is 11.5 Å². The molecule has 3 aliphatic rings. The van der Waals surface area contributed by atoms with Gasteiger partial charge >= 0.3 is 0 Å². The number of ether oxygens (including phenoxy) is 3. The van der Waals surface area contributed by atoms with Crippen LogP contribution in [0.3, 0.4) is 0 Å². The molecule has 3 heterocycles. The molecular formula is C33H34FN3O6. The zero-order valence-corrected chi connectivity index (χ0v) is 24.1. The number of carbonyl (C=O) groups excluding carboxylic acids is 3. The van der Waals surface area contributed by atoms with Gasteiger partial charge in [-0.15, -0.1) is 0 Å². The number of likely N-dealkylation sites (tertiary alicyclic amines) is 1. The Morgan fingerprint density at radius 3 is 2.40 bits per heavy atom. The summed E-state index contributed by atoms with van der Waals surface area (Å²) in [4.78, 5) is 46.5. The van der Waals surface area contributed by atoms with Gasteiger partial charge in [0.1, 0.15) is 18.5 Å². The van der Waals surface area contributed by atoms with E-state index >= 15 is 0 Å². The molecule has 10 heteroatoms. The molecule has 0 saturated carbocycles. The number of amides is 2. The first-order valence-corrected chi connectivity index (χ1v) is 14.4. The lowest BCUT2D eigenvalue weighted by atomic mass is 9.75. The quantitative estimate of drug-likeness (QED) is 0.423. The van der Waals surface area contributed by atoms with Gasteiger partial charge in [0, 0.05) is 44.8 Å². The highest BCUT2D eigenvalue weighted by Crippen LogP contribution is 2.53. The second kappa shape index (κ2) is 12.1. The van der Waals surface area contributed by atoms with Crippen LogP contribution in [0.2, 0.25) is 0 Å². The van der Waals surface area contributed by atoms with E-state index in [1.807, 2.05) is 25.1 Å². The molecule has 2 fully saturated rings. The Balaban J connectivity index is 1.58. The number of carbonyl (C=O) groups is 3. The number of benzene rings is 3. The topological polar surface area (TPSA) is 97.4 Å². The van der Waals surface area contributed by atoms with Crippen molar-refractivity contribution in [3.8, 4) is 11.5 Å². The number of methoxy groups -OCH3 is 1. The second-order valence-electron chi connectivity index (χ2n) is 11.1. The van der Waals surface area contributed by atoms with Gasteiger partial charge in [0.15, 0.2) is 17.3 Å². The molecule has 0 radical (unpaired) electrons. The summed E-state index contributed by atoms with van der Waals surface area (Å²) in [5.74, 6) is -1.94. The SMILES string of the molecule is COCC(=O)N1C(C(=O)N2CCNCC2)C(c2ccc(F)cc2)C(C(=O)c2cccc(C)c2)C1c1ccc2c(c1)OCO2. The number of piperazine rings is 1. The molecule has 6 rings (SSSR count). The minimum atomic E-state index is -1.04. The summed E-state index contributed by atoms with van der Waals surface area (Å²) < 4.78 is 30.7. The van der Waals surface area contributed by atoms with Crippen LogP contribution in [0.4, 0.5) is 4.39 Å². The van der Waals surface area contributed by atoms with Crippen LogP contribution in [-0.4, -0.2) is 80.1 Å². The van der Waals surface area contributed by atoms with E-state index in [4.69, 9.17) is 14.2 Å². The average molecular weight is 588 g/mol. The van der Waals surface area contributed by atoms with Gasteiger partial charge in [-0.3, -0.25) is 14.4 Å². The van der Waals surface area contributed by atoms with E-state index in [1.54, 1.807) is 41.3 Å². The summed E-state index contributed by atoms with van der Waals surface area (Å²) in [6, 6.07) is 16.6. The van der Waals surface area contributed by atoms with E-state index in [2.05, 4.69) is 5.32 Å². The molecule has 0 aromatic heterocycles. The lowest BCUT2D eigenvalue weighted by Gasteiger charge is -2.36. The Hall–Kier alpha value is -4.28. The Morgan fingerprint density at radius 2 is 1.67 bits per heavy atom. The highest BCUT2D eigenvalue weighted by atomic mass is 19.1. The van der Waals surface area contributed by atoms with E-state index in [-0.39, 0.29) is 25.1 Å². The zero-order valence-electron chi connectivity index (χ0n) is 24.1. The molecule has 224 valence electrons. The molecule has 3 aliphatic heterocycles. The highest BCUT2D eigenvalue weighted by molar-refractivity contribution is 6.02. The fourth-order valence-electron chi connectivity index (χ4n) is 6.60. The van der Waals surface area contributed by atoms with Crippen molar-refractivity contribution >= 4 is 17.6 Å². The second-order valence-corrected chi connectivity index (χ2v) is 11.1. The molecule has 4 unspecified atom stereocenters. The van der Waals surface area contributed by atoms with E-state index in [9.17, 15) is 18.8 Å². The van der Waals surface area contributed by atoms with Gasteiger partial charge in [-0.25, -0.2) is 4.39 Å². The van der Waals surface area contributed by atoms with Gasteiger partial charge in [-0.05, 0) is 48.4 Å². The maximum Gasteiger partial charge on any atom is 0.249 e. The Morgan fingerprint density at radius 1 is 0.953 bits per heavy atom. The number of halogens is 1. The minimum absolute atomic E-state index is 0.0593. The van der Waals surface area contributed by atoms with Crippen LogP contribution >= 0.6 is 0 Å². The Kier molecular flexibility index (Phi) is 8.14. The third-order valence-corrected chi connectivity index (χ3v) is 8.50. The number of Topliss-reactive ketones (excluding diaryl/α,β-unsaturated/α-hetero) is 1. The van der Waals surface area contributed by atoms with Crippen LogP contribution in [-0.2, 0) is 14.3 Å². The van der Waals surface area contributed by atoms with Crippen molar-refractivity contribution in [1.29, 1.82) is 0 Å². The molecule has 1 N–H and O–H groups in total. The fourth-order valence-corrected chi connectivity index (χ4v) is 6.60. The molecule has 0 spiro atoms. The van der Waals surface area contributed by atoms with Gasteiger partial charge in [0.2, 0.25) is 18.6 Å². The van der Waals surface area contributed by atoms with Crippen molar-refractivity contribution in [2.45, 2.75) is 24.9 Å². The fraction of sp³-hybridized carbons (Fsp3) is 0.364. The van der Waals surface area contributed by atoms with Crippen molar-refractivity contribution in [3.63, 3.8) is 0 Å². The van der Waals surface area contributed by atoms with Crippen LogP contribution in [0.1, 0.15) is 39.0 Å². The number of nitrogens with one attached hydrogen (secondary N) is 1. The summed E-state index contributed by atoms with van der Waals surface area (Å²) in [6.07, 6.45) is 0. The zero-order chi connectivity index (χ0) is 30.1. The lowest BCUT2D eigenvalue weighted by molar-refractivity contribution is -0.148. The molecule has 9 nitrogen and oxygen atoms in total. The molecule has 0 aliphatic carbocycles. The number of nitrogens with zero attached hydrogens (tertiary/aromatic N) is 2.